The molecule has 2 N–H and O–H groups in total. The van der Waals surface area contributed by atoms with Crippen molar-refractivity contribution < 1.29 is 19.4 Å². The fourth-order valence-corrected chi connectivity index (χ4v) is 2.13. The largest absolute Gasteiger partial charge is 0.507 e. The maximum Gasteiger partial charge on any atom is 0.197 e. The lowest BCUT2D eigenvalue weighted by Crippen LogP contribution is -2.00. The summed E-state index contributed by atoms with van der Waals surface area (Å²) >= 11 is 0. The van der Waals surface area contributed by atoms with Gasteiger partial charge in [0.2, 0.25) is 0 Å². The van der Waals surface area contributed by atoms with E-state index in [1.807, 2.05) is 0 Å². The standard InChI is InChI=1S/C16H12O5/c1-20-10-4-2-9(3-5-10)14-8-13(19)15-11(17)6-7-12(18)16(15)21-14/h2-8,17-18H,1H3. The van der Waals surface area contributed by atoms with Crippen LogP contribution in [0.5, 0.6) is 17.2 Å². The number of fused-ring (bicyclic) bond motifs is 1. The van der Waals surface area contributed by atoms with Crippen LogP contribution in [-0.4, -0.2) is 17.3 Å². The van der Waals surface area contributed by atoms with Gasteiger partial charge in [0, 0.05) is 11.6 Å². The average Bonchev–Trinajstić information content (AvgIpc) is 2.50. The highest BCUT2D eigenvalue weighted by atomic mass is 16.5. The van der Waals surface area contributed by atoms with E-state index in [-0.39, 0.29) is 22.5 Å². The molecule has 3 aromatic rings. The van der Waals surface area contributed by atoms with Gasteiger partial charge in [-0.2, -0.15) is 0 Å². The number of phenols is 2. The summed E-state index contributed by atoms with van der Waals surface area (Å²) in [5.74, 6) is 0.562. The molecular formula is C16H12O5. The Hall–Kier alpha value is -2.95. The summed E-state index contributed by atoms with van der Waals surface area (Å²) in [6, 6.07) is 10.8. The number of aromatic hydroxyl groups is 2. The second-order valence-electron chi connectivity index (χ2n) is 4.51. The van der Waals surface area contributed by atoms with Gasteiger partial charge < -0.3 is 19.4 Å². The van der Waals surface area contributed by atoms with E-state index in [1.165, 1.54) is 18.2 Å². The summed E-state index contributed by atoms with van der Waals surface area (Å²) in [5.41, 5.74) is 0.210. The minimum Gasteiger partial charge on any atom is -0.507 e. The maximum absolute atomic E-state index is 12.1. The van der Waals surface area contributed by atoms with Gasteiger partial charge in [0.05, 0.1) is 7.11 Å². The zero-order valence-corrected chi connectivity index (χ0v) is 11.2. The fraction of sp³-hybridized carbons (Fsp3) is 0.0625. The van der Waals surface area contributed by atoms with Gasteiger partial charge in [-0.15, -0.1) is 0 Å². The quantitative estimate of drug-likeness (QED) is 0.707. The Morgan fingerprint density at radius 2 is 1.67 bits per heavy atom. The first-order valence-electron chi connectivity index (χ1n) is 6.23. The SMILES string of the molecule is COc1ccc(-c2cc(=O)c3c(O)ccc(O)c3o2)cc1. The zero-order valence-electron chi connectivity index (χ0n) is 11.2. The summed E-state index contributed by atoms with van der Waals surface area (Å²) in [7, 11) is 1.56. The molecule has 5 nitrogen and oxygen atoms in total. The highest BCUT2D eigenvalue weighted by Gasteiger charge is 2.13. The van der Waals surface area contributed by atoms with Crippen molar-refractivity contribution in [1.29, 1.82) is 0 Å². The zero-order chi connectivity index (χ0) is 15.0. The normalized spacial score (nSPS) is 10.7. The van der Waals surface area contributed by atoms with E-state index in [0.29, 0.717) is 17.1 Å². The number of rotatable bonds is 2. The van der Waals surface area contributed by atoms with Gasteiger partial charge in [0.25, 0.3) is 0 Å². The van der Waals surface area contributed by atoms with Gasteiger partial charge in [-0.05, 0) is 36.4 Å². The predicted molar refractivity (Wildman–Crippen MR) is 77.8 cm³/mol. The van der Waals surface area contributed by atoms with E-state index < -0.39 is 5.43 Å². The Morgan fingerprint density at radius 1 is 1.00 bits per heavy atom. The number of phenolic OH excluding ortho intramolecular Hbond substituents is 2. The van der Waals surface area contributed by atoms with Crippen LogP contribution in [-0.2, 0) is 0 Å². The Kier molecular flexibility index (Phi) is 3.02. The first-order valence-corrected chi connectivity index (χ1v) is 6.23. The molecule has 0 saturated carbocycles. The van der Waals surface area contributed by atoms with Gasteiger partial charge in [0.15, 0.2) is 16.8 Å². The van der Waals surface area contributed by atoms with E-state index in [4.69, 9.17) is 9.15 Å². The van der Waals surface area contributed by atoms with Crippen LogP contribution in [0.1, 0.15) is 0 Å². The Balaban J connectivity index is 2.24. The highest BCUT2D eigenvalue weighted by molar-refractivity contribution is 5.88. The van der Waals surface area contributed by atoms with Crippen LogP contribution in [0.25, 0.3) is 22.3 Å². The van der Waals surface area contributed by atoms with Crippen molar-refractivity contribution in [3.05, 3.63) is 52.7 Å². The molecular weight excluding hydrogens is 272 g/mol. The summed E-state index contributed by atoms with van der Waals surface area (Å²) in [4.78, 5) is 12.1. The molecule has 5 heteroatoms. The van der Waals surface area contributed by atoms with Crippen LogP contribution < -0.4 is 10.2 Å². The molecule has 0 aliphatic heterocycles. The van der Waals surface area contributed by atoms with Crippen LogP contribution in [0.4, 0.5) is 0 Å². The molecule has 0 atom stereocenters. The smallest absolute Gasteiger partial charge is 0.197 e. The van der Waals surface area contributed by atoms with E-state index in [2.05, 4.69) is 0 Å². The molecule has 0 saturated heterocycles. The molecule has 0 aliphatic carbocycles. The molecule has 1 heterocycles. The lowest BCUT2D eigenvalue weighted by molar-refractivity contribution is 0.415. The van der Waals surface area contributed by atoms with Crippen molar-refractivity contribution in [2.24, 2.45) is 0 Å². The van der Waals surface area contributed by atoms with Crippen molar-refractivity contribution in [2.75, 3.05) is 7.11 Å². The molecule has 0 aliphatic rings. The molecule has 1 aromatic heterocycles. The number of methoxy groups -OCH3 is 1. The van der Waals surface area contributed by atoms with Crippen LogP contribution in [0.3, 0.4) is 0 Å². The van der Waals surface area contributed by atoms with Crippen LogP contribution in [0.2, 0.25) is 0 Å². The number of hydrogen-bond donors (Lipinski definition) is 2. The van der Waals surface area contributed by atoms with Gasteiger partial charge in [-0.3, -0.25) is 4.79 Å². The van der Waals surface area contributed by atoms with E-state index in [9.17, 15) is 15.0 Å². The Bertz CT molecular complexity index is 862. The van der Waals surface area contributed by atoms with Crippen molar-refractivity contribution in [1.82, 2.24) is 0 Å². The first-order chi connectivity index (χ1) is 10.1. The minimum absolute atomic E-state index is 0.0340. The van der Waals surface area contributed by atoms with Crippen LogP contribution >= 0.6 is 0 Å². The van der Waals surface area contributed by atoms with Crippen molar-refractivity contribution >= 4 is 11.0 Å². The predicted octanol–water partition coefficient (Wildman–Crippen LogP) is 2.88. The Labute approximate surface area is 119 Å². The fourth-order valence-electron chi connectivity index (χ4n) is 2.13. The second-order valence-corrected chi connectivity index (χ2v) is 4.51. The summed E-state index contributed by atoms with van der Waals surface area (Å²) in [6.45, 7) is 0. The Morgan fingerprint density at radius 3 is 2.33 bits per heavy atom. The average molecular weight is 284 g/mol. The lowest BCUT2D eigenvalue weighted by Gasteiger charge is -2.06. The van der Waals surface area contributed by atoms with Crippen molar-refractivity contribution in [3.63, 3.8) is 0 Å². The first kappa shape index (κ1) is 13.1. The van der Waals surface area contributed by atoms with Crippen LogP contribution in [0, 0.1) is 0 Å². The molecule has 0 amide bonds. The highest BCUT2D eigenvalue weighted by Crippen LogP contribution is 2.32. The summed E-state index contributed by atoms with van der Waals surface area (Å²) in [6.07, 6.45) is 0. The molecule has 0 fully saturated rings. The molecule has 0 radical (unpaired) electrons. The van der Waals surface area contributed by atoms with E-state index in [0.717, 1.165) is 0 Å². The van der Waals surface area contributed by atoms with Crippen molar-refractivity contribution in [2.45, 2.75) is 0 Å². The third-order valence-corrected chi connectivity index (χ3v) is 3.21. The molecule has 0 spiro atoms. The molecule has 106 valence electrons. The number of benzene rings is 2. The monoisotopic (exact) mass is 284 g/mol. The van der Waals surface area contributed by atoms with E-state index in [1.54, 1.807) is 31.4 Å². The van der Waals surface area contributed by atoms with Crippen LogP contribution in [0.15, 0.2) is 51.7 Å². The molecule has 3 rings (SSSR count). The molecule has 21 heavy (non-hydrogen) atoms. The molecule has 2 aromatic carbocycles. The molecule has 0 unspecified atom stereocenters. The van der Waals surface area contributed by atoms with E-state index >= 15 is 0 Å². The van der Waals surface area contributed by atoms with Gasteiger partial charge in [0.1, 0.15) is 22.6 Å². The number of ether oxygens (including phenoxy) is 1. The summed E-state index contributed by atoms with van der Waals surface area (Å²) < 4.78 is 10.6. The molecule has 0 bridgehead atoms. The minimum atomic E-state index is -0.421. The van der Waals surface area contributed by atoms with Gasteiger partial charge in [-0.25, -0.2) is 0 Å². The van der Waals surface area contributed by atoms with Gasteiger partial charge >= 0.3 is 0 Å². The summed E-state index contributed by atoms with van der Waals surface area (Å²) in [5, 5.41) is 19.5. The number of hydrogen-bond acceptors (Lipinski definition) is 5. The lowest BCUT2D eigenvalue weighted by atomic mass is 10.1. The third-order valence-electron chi connectivity index (χ3n) is 3.21. The third kappa shape index (κ3) is 2.18. The maximum atomic E-state index is 12.1. The second kappa shape index (κ2) is 4.86. The van der Waals surface area contributed by atoms with Gasteiger partial charge in [-0.1, -0.05) is 0 Å². The topological polar surface area (TPSA) is 79.9 Å². The van der Waals surface area contributed by atoms with Crippen molar-refractivity contribution in [3.8, 4) is 28.6 Å².